The van der Waals surface area contributed by atoms with E-state index in [1.165, 1.54) is 10.4 Å². The van der Waals surface area contributed by atoms with E-state index in [4.69, 9.17) is 9.47 Å². The second-order valence-electron chi connectivity index (χ2n) is 6.64. The van der Waals surface area contributed by atoms with Crippen LogP contribution in [0.3, 0.4) is 0 Å². The number of benzene rings is 2. The standard InChI is InChI=1S/C21H26N2O5S/c1-2-28-19-10-9-18(22-21(24)11-8-17-6-4-3-5-7-17)16-20(19)29(25,26)23-12-14-27-15-13-23/h3-7,9-10,16H,2,8,11-15H2,1H3,(H,22,24). The van der Waals surface area contributed by atoms with Crippen molar-refractivity contribution in [3.63, 3.8) is 0 Å². The SMILES string of the molecule is CCOc1ccc(NC(=O)CCc2ccccc2)cc1S(=O)(=O)N1CCOCC1. The highest BCUT2D eigenvalue weighted by Gasteiger charge is 2.29. The molecular formula is C21H26N2O5S. The molecule has 3 rings (SSSR count). The van der Waals surface area contributed by atoms with E-state index >= 15 is 0 Å². The highest BCUT2D eigenvalue weighted by Crippen LogP contribution is 2.30. The van der Waals surface area contributed by atoms with Gasteiger partial charge in [0.1, 0.15) is 10.6 Å². The predicted molar refractivity (Wildman–Crippen MR) is 111 cm³/mol. The summed E-state index contributed by atoms with van der Waals surface area (Å²) in [6, 6.07) is 14.4. The molecule has 29 heavy (non-hydrogen) atoms. The van der Waals surface area contributed by atoms with Crippen LogP contribution in [0.25, 0.3) is 0 Å². The molecule has 7 nitrogen and oxygen atoms in total. The molecule has 1 saturated heterocycles. The Kier molecular flexibility index (Phi) is 7.24. The molecule has 1 fully saturated rings. The number of rotatable bonds is 8. The molecule has 8 heteroatoms. The topological polar surface area (TPSA) is 84.9 Å². The molecule has 2 aromatic carbocycles. The number of carbonyl (C=O) groups is 1. The lowest BCUT2D eigenvalue weighted by atomic mass is 10.1. The molecule has 0 spiro atoms. The fourth-order valence-electron chi connectivity index (χ4n) is 3.11. The number of carbonyl (C=O) groups excluding carboxylic acids is 1. The lowest BCUT2D eigenvalue weighted by molar-refractivity contribution is -0.116. The van der Waals surface area contributed by atoms with Gasteiger partial charge >= 0.3 is 0 Å². The van der Waals surface area contributed by atoms with Crippen LogP contribution in [0.1, 0.15) is 18.9 Å². The van der Waals surface area contributed by atoms with Crippen molar-refractivity contribution >= 4 is 21.6 Å². The average Bonchev–Trinajstić information content (AvgIpc) is 2.75. The Morgan fingerprint density at radius 3 is 2.55 bits per heavy atom. The second kappa shape index (κ2) is 9.87. The summed E-state index contributed by atoms with van der Waals surface area (Å²) >= 11 is 0. The molecule has 1 aliphatic rings. The predicted octanol–water partition coefficient (Wildman–Crippen LogP) is 2.68. The third kappa shape index (κ3) is 5.56. The van der Waals surface area contributed by atoms with E-state index in [0.717, 1.165) is 5.56 Å². The average molecular weight is 419 g/mol. The monoisotopic (exact) mass is 418 g/mol. The van der Waals surface area contributed by atoms with Crippen molar-refractivity contribution in [3.8, 4) is 5.75 Å². The molecular weight excluding hydrogens is 392 g/mol. The quantitative estimate of drug-likeness (QED) is 0.712. The number of nitrogens with one attached hydrogen (secondary N) is 1. The van der Waals surface area contributed by atoms with E-state index in [-0.39, 0.29) is 16.6 Å². The van der Waals surface area contributed by atoms with Crippen LogP contribution < -0.4 is 10.1 Å². The Hall–Kier alpha value is -2.42. The molecule has 156 valence electrons. The summed E-state index contributed by atoms with van der Waals surface area (Å²) in [6.07, 6.45) is 0.922. The van der Waals surface area contributed by atoms with E-state index in [1.807, 2.05) is 30.3 Å². The minimum absolute atomic E-state index is 0.0575. The number of morpholine rings is 1. The summed E-state index contributed by atoms with van der Waals surface area (Å²) in [5.74, 6) is 0.106. The van der Waals surface area contributed by atoms with Gasteiger partial charge in [-0.05, 0) is 37.1 Å². The number of nitrogens with zero attached hydrogens (tertiary/aromatic N) is 1. The van der Waals surface area contributed by atoms with Crippen molar-refractivity contribution in [3.05, 3.63) is 54.1 Å². The summed E-state index contributed by atoms with van der Waals surface area (Å²) in [5.41, 5.74) is 1.50. The number of amides is 1. The van der Waals surface area contributed by atoms with Gasteiger partial charge in [0.2, 0.25) is 15.9 Å². The summed E-state index contributed by atoms with van der Waals surface area (Å²) in [4.78, 5) is 12.4. The zero-order chi connectivity index (χ0) is 20.7. The largest absolute Gasteiger partial charge is 0.492 e. The first kappa shape index (κ1) is 21.3. The van der Waals surface area contributed by atoms with E-state index in [2.05, 4.69) is 5.32 Å². The fourth-order valence-corrected chi connectivity index (χ4v) is 4.68. The normalized spacial score (nSPS) is 15.1. The van der Waals surface area contributed by atoms with Crippen LogP contribution in [0.4, 0.5) is 5.69 Å². The van der Waals surface area contributed by atoms with Gasteiger partial charge in [0, 0.05) is 25.2 Å². The van der Waals surface area contributed by atoms with Gasteiger partial charge in [-0.3, -0.25) is 4.79 Å². The maximum Gasteiger partial charge on any atom is 0.246 e. The summed E-state index contributed by atoms with van der Waals surface area (Å²) < 4.78 is 38.4. The van der Waals surface area contributed by atoms with Crippen molar-refractivity contribution in [2.45, 2.75) is 24.7 Å². The van der Waals surface area contributed by atoms with E-state index in [1.54, 1.807) is 19.1 Å². The molecule has 0 aliphatic carbocycles. The minimum atomic E-state index is -3.75. The van der Waals surface area contributed by atoms with Gasteiger partial charge in [-0.1, -0.05) is 30.3 Å². The van der Waals surface area contributed by atoms with Gasteiger partial charge in [-0.25, -0.2) is 8.42 Å². The first-order valence-corrected chi connectivity index (χ1v) is 11.1. The van der Waals surface area contributed by atoms with Crippen LogP contribution in [0.15, 0.2) is 53.4 Å². The number of aryl methyl sites for hydroxylation is 1. The van der Waals surface area contributed by atoms with Gasteiger partial charge in [-0.2, -0.15) is 4.31 Å². The maximum absolute atomic E-state index is 13.1. The number of sulfonamides is 1. The number of hydrogen-bond donors (Lipinski definition) is 1. The molecule has 0 unspecified atom stereocenters. The first-order valence-electron chi connectivity index (χ1n) is 9.69. The molecule has 0 radical (unpaired) electrons. The Morgan fingerprint density at radius 1 is 1.14 bits per heavy atom. The van der Waals surface area contributed by atoms with Gasteiger partial charge < -0.3 is 14.8 Å². The second-order valence-corrected chi connectivity index (χ2v) is 8.55. The van der Waals surface area contributed by atoms with Crippen LogP contribution >= 0.6 is 0 Å². The van der Waals surface area contributed by atoms with E-state index in [0.29, 0.717) is 51.4 Å². The molecule has 1 amide bonds. The van der Waals surface area contributed by atoms with Crippen molar-refractivity contribution in [2.24, 2.45) is 0 Å². The van der Waals surface area contributed by atoms with Crippen molar-refractivity contribution < 1.29 is 22.7 Å². The Labute approximate surface area is 171 Å². The van der Waals surface area contributed by atoms with Crippen molar-refractivity contribution in [1.29, 1.82) is 0 Å². The molecule has 0 atom stereocenters. The number of anilines is 1. The number of hydrogen-bond acceptors (Lipinski definition) is 5. The molecule has 1 N–H and O–H groups in total. The molecule has 1 heterocycles. The fraction of sp³-hybridized carbons (Fsp3) is 0.381. The third-order valence-electron chi connectivity index (χ3n) is 4.60. The third-order valence-corrected chi connectivity index (χ3v) is 6.52. The molecule has 0 aromatic heterocycles. The van der Waals surface area contributed by atoms with Gasteiger partial charge in [0.05, 0.1) is 19.8 Å². The minimum Gasteiger partial charge on any atom is -0.492 e. The van der Waals surface area contributed by atoms with E-state index < -0.39 is 10.0 Å². The van der Waals surface area contributed by atoms with Crippen LogP contribution in [0, 0.1) is 0 Å². The van der Waals surface area contributed by atoms with Gasteiger partial charge in [0.25, 0.3) is 0 Å². The molecule has 1 aliphatic heterocycles. The molecule has 0 bridgehead atoms. The van der Waals surface area contributed by atoms with Crippen molar-refractivity contribution in [1.82, 2.24) is 4.31 Å². The van der Waals surface area contributed by atoms with Crippen LogP contribution in [0.2, 0.25) is 0 Å². The zero-order valence-electron chi connectivity index (χ0n) is 16.5. The highest BCUT2D eigenvalue weighted by molar-refractivity contribution is 7.89. The highest BCUT2D eigenvalue weighted by atomic mass is 32.2. The number of ether oxygens (including phenoxy) is 2. The van der Waals surface area contributed by atoms with E-state index in [9.17, 15) is 13.2 Å². The Morgan fingerprint density at radius 2 is 1.86 bits per heavy atom. The lowest BCUT2D eigenvalue weighted by Crippen LogP contribution is -2.40. The van der Waals surface area contributed by atoms with Crippen LogP contribution in [-0.2, 0) is 26.0 Å². The summed E-state index contributed by atoms with van der Waals surface area (Å²) in [5, 5.41) is 2.79. The van der Waals surface area contributed by atoms with Crippen LogP contribution in [-0.4, -0.2) is 51.5 Å². The summed E-state index contributed by atoms with van der Waals surface area (Å²) in [6.45, 7) is 3.44. The Balaban J connectivity index is 1.76. The first-order chi connectivity index (χ1) is 14.0. The molecule has 2 aromatic rings. The zero-order valence-corrected chi connectivity index (χ0v) is 17.3. The molecule has 0 saturated carbocycles. The van der Waals surface area contributed by atoms with Gasteiger partial charge in [-0.15, -0.1) is 0 Å². The lowest BCUT2D eigenvalue weighted by Gasteiger charge is -2.27. The van der Waals surface area contributed by atoms with Crippen molar-refractivity contribution in [2.75, 3.05) is 38.2 Å². The maximum atomic E-state index is 13.1. The summed E-state index contributed by atoms with van der Waals surface area (Å²) in [7, 11) is -3.75. The Bertz CT molecular complexity index is 925. The smallest absolute Gasteiger partial charge is 0.246 e. The van der Waals surface area contributed by atoms with Crippen LogP contribution in [0.5, 0.6) is 5.75 Å². The van der Waals surface area contributed by atoms with Gasteiger partial charge in [0.15, 0.2) is 0 Å².